The van der Waals surface area contributed by atoms with E-state index >= 15 is 0 Å². The average molecular weight is 525 g/mol. The molecule has 34 heavy (non-hydrogen) atoms. The number of ether oxygens (including phenoxy) is 1. The Morgan fingerprint density at radius 2 is 2.03 bits per heavy atom. The first-order valence-corrected chi connectivity index (χ1v) is 15.1. The van der Waals surface area contributed by atoms with Crippen molar-refractivity contribution in [3.05, 3.63) is 68.5 Å². The number of hydrogen-bond donors (Lipinski definition) is 1. The van der Waals surface area contributed by atoms with Crippen LogP contribution in [-0.4, -0.2) is 56.1 Å². The third-order valence-electron chi connectivity index (χ3n) is 5.70. The predicted octanol–water partition coefficient (Wildman–Crippen LogP) is 4.17. The SMILES string of the molecule is [2H]C[C@H]1O[C@@H](n2cc(C)c(=O)[nH]c2=O)CC1OP(SCCSC(=O)c1ccccc1)N1CCCC1. The minimum absolute atomic E-state index is 0.0214. The summed E-state index contributed by atoms with van der Waals surface area (Å²) in [5.41, 5.74) is 0.205. The smallest absolute Gasteiger partial charge is 0.330 e. The quantitative estimate of drug-likeness (QED) is 0.386. The molecular weight excluding hydrogens is 493 g/mol. The summed E-state index contributed by atoms with van der Waals surface area (Å²) in [5.74, 6) is 1.46. The van der Waals surface area contributed by atoms with Crippen LogP contribution < -0.4 is 11.2 Å². The van der Waals surface area contributed by atoms with Gasteiger partial charge in [0.05, 0.1) is 12.2 Å². The van der Waals surface area contributed by atoms with E-state index in [9.17, 15) is 14.4 Å². The predicted molar refractivity (Wildman–Crippen MR) is 139 cm³/mol. The van der Waals surface area contributed by atoms with Gasteiger partial charge in [-0.05, 0) is 26.7 Å². The van der Waals surface area contributed by atoms with Gasteiger partial charge >= 0.3 is 5.69 Å². The van der Waals surface area contributed by atoms with Gasteiger partial charge in [-0.25, -0.2) is 4.79 Å². The summed E-state index contributed by atoms with van der Waals surface area (Å²) in [5, 5.41) is 0.0700. The Balaban J connectivity index is 1.37. The van der Waals surface area contributed by atoms with Crippen LogP contribution in [0.4, 0.5) is 0 Å². The van der Waals surface area contributed by atoms with Crippen LogP contribution in [-0.2, 0) is 9.26 Å². The van der Waals surface area contributed by atoms with Crippen LogP contribution in [0.25, 0.3) is 0 Å². The van der Waals surface area contributed by atoms with Gasteiger partial charge in [-0.2, -0.15) is 0 Å². The Morgan fingerprint density at radius 1 is 1.26 bits per heavy atom. The van der Waals surface area contributed by atoms with E-state index in [4.69, 9.17) is 10.6 Å². The van der Waals surface area contributed by atoms with Gasteiger partial charge in [-0.3, -0.25) is 23.8 Å². The maximum atomic E-state index is 12.4. The van der Waals surface area contributed by atoms with Crippen LogP contribution in [0.3, 0.4) is 0 Å². The second-order valence-corrected chi connectivity index (χ2v) is 12.9. The lowest BCUT2D eigenvalue weighted by Gasteiger charge is -2.29. The zero-order chi connectivity index (χ0) is 24.8. The maximum Gasteiger partial charge on any atom is 0.330 e. The van der Waals surface area contributed by atoms with Crippen molar-refractivity contribution in [2.24, 2.45) is 0 Å². The van der Waals surface area contributed by atoms with Crippen LogP contribution in [0.1, 0.15) is 49.7 Å². The number of carbonyl (C=O) groups excluding carboxylic acids is 1. The van der Waals surface area contributed by atoms with E-state index in [0.717, 1.165) is 31.7 Å². The van der Waals surface area contributed by atoms with Crippen molar-refractivity contribution in [3.8, 4) is 0 Å². The van der Waals surface area contributed by atoms with Crippen molar-refractivity contribution >= 4 is 35.8 Å². The molecule has 0 amide bonds. The van der Waals surface area contributed by atoms with Crippen molar-refractivity contribution in [1.29, 1.82) is 0 Å². The number of hydrogen-bond acceptors (Lipinski definition) is 8. The van der Waals surface area contributed by atoms with E-state index in [-0.39, 0.29) is 18.1 Å². The second kappa shape index (κ2) is 12.0. The summed E-state index contributed by atoms with van der Waals surface area (Å²) in [6.45, 7) is 3.60. The Bertz CT molecular complexity index is 1110. The lowest BCUT2D eigenvalue weighted by Crippen LogP contribution is -2.33. The lowest BCUT2D eigenvalue weighted by atomic mass is 10.2. The monoisotopic (exact) mass is 524 g/mol. The molecule has 1 aromatic carbocycles. The molecular formula is C23H30N3O5PS2. The number of aromatic nitrogens is 2. The minimum atomic E-state index is -0.980. The number of rotatable bonds is 9. The molecule has 0 radical (unpaired) electrons. The molecule has 2 aliphatic rings. The first-order chi connectivity index (χ1) is 17.0. The average Bonchev–Trinajstić information content (AvgIpc) is 3.54. The van der Waals surface area contributed by atoms with Crippen molar-refractivity contribution < 1.29 is 15.4 Å². The first-order valence-electron chi connectivity index (χ1n) is 12.0. The molecule has 1 aromatic heterocycles. The molecule has 2 aliphatic heterocycles. The number of nitrogens with one attached hydrogen (secondary N) is 1. The number of thioether (sulfide) groups is 1. The standard InChI is InChI=1S/C23H30N3O5PS2/c1-16-15-26(23(29)24-21(16)27)20-14-19(17(2)30-20)31-32(25-10-6-7-11-25)34-13-12-33-22(28)18-8-4-3-5-9-18/h3-5,8-9,15,17,19-20H,6-7,10-14H2,1-2H3,(H,24,27,29)/t17-,19?,20-,32?/m1/s1/i2D. The minimum Gasteiger partial charge on any atom is -0.352 e. The van der Waals surface area contributed by atoms with E-state index in [0.29, 0.717) is 23.3 Å². The molecule has 0 spiro atoms. The van der Waals surface area contributed by atoms with Gasteiger partial charge in [0.15, 0.2) is 7.50 Å². The van der Waals surface area contributed by atoms with Crippen molar-refractivity contribution in [1.82, 2.24) is 14.2 Å². The maximum absolute atomic E-state index is 12.4. The topological polar surface area (TPSA) is 93.6 Å². The van der Waals surface area contributed by atoms with E-state index in [1.54, 1.807) is 18.3 Å². The second-order valence-electron chi connectivity index (χ2n) is 8.22. The van der Waals surface area contributed by atoms with Crippen LogP contribution in [0.5, 0.6) is 0 Å². The molecule has 2 aromatic rings. The summed E-state index contributed by atoms with van der Waals surface area (Å²) in [6, 6.07) is 9.29. The van der Waals surface area contributed by atoms with Gasteiger partial charge in [-0.15, -0.1) is 0 Å². The van der Waals surface area contributed by atoms with Gasteiger partial charge in [0, 0.05) is 49.7 Å². The highest BCUT2D eigenvalue weighted by Gasteiger charge is 2.38. The van der Waals surface area contributed by atoms with Crippen LogP contribution in [0, 0.1) is 6.92 Å². The van der Waals surface area contributed by atoms with E-state index < -0.39 is 31.1 Å². The Morgan fingerprint density at radius 3 is 2.76 bits per heavy atom. The van der Waals surface area contributed by atoms with Crippen LogP contribution >= 0.6 is 30.6 Å². The van der Waals surface area contributed by atoms with Gasteiger partial charge in [0.25, 0.3) is 5.56 Å². The summed E-state index contributed by atoms with van der Waals surface area (Å²) < 4.78 is 24.3. The summed E-state index contributed by atoms with van der Waals surface area (Å²) in [6.07, 6.45) is 2.83. The molecule has 0 aliphatic carbocycles. The molecule has 0 bridgehead atoms. The molecule has 4 rings (SSSR count). The molecule has 3 heterocycles. The molecule has 2 unspecified atom stereocenters. The fourth-order valence-corrected chi connectivity index (χ4v) is 9.18. The highest BCUT2D eigenvalue weighted by Crippen LogP contribution is 2.57. The third-order valence-corrected chi connectivity index (χ3v) is 10.9. The van der Waals surface area contributed by atoms with Crippen molar-refractivity contribution in [2.45, 2.75) is 51.5 Å². The van der Waals surface area contributed by atoms with Gasteiger partial charge in [-0.1, -0.05) is 53.5 Å². The van der Waals surface area contributed by atoms with Gasteiger partial charge in [0.2, 0.25) is 5.12 Å². The fourth-order valence-electron chi connectivity index (χ4n) is 3.85. The zero-order valence-electron chi connectivity index (χ0n) is 20.1. The van der Waals surface area contributed by atoms with Gasteiger partial charge < -0.3 is 9.26 Å². The number of benzene rings is 1. The highest BCUT2D eigenvalue weighted by molar-refractivity contribution is 8.53. The van der Waals surface area contributed by atoms with Crippen molar-refractivity contribution in [3.63, 3.8) is 0 Å². The first kappa shape index (κ1) is 24.3. The largest absolute Gasteiger partial charge is 0.352 e. The number of aryl methyl sites for hydroxylation is 1. The number of carbonyl (C=O) groups is 1. The molecule has 2 saturated heterocycles. The Labute approximate surface area is 209 Å². The molecule has 184 valence electrons. The Kier molecular flexibility index (Phi) is 8.58. The molecule has 11 heteroatoms. The fraction of sp³-hybridized carbons (Fsp3) is 0.522. The highest BCUT2D eigenvalue weighted by atomic mass is 32.7. The third kappa shape index (κ3) is 6.42. The lowest BCUT2D eigenvalue weighted by molar-refractivity contribution is -0.00577. The zero-order valence-corrected chi connectivity index (χ0v) is 21.6. The van der Waals surface area contributed by atoms with Crippen molar-refractivity contribution in [2.75, 3.05) is 24.6 Å². The number of nitrogens with zero attached hydrogens (tertiary/aromatic N) is 2. The van der Waals surface area contributed by atoms with E-state index in [2.05, 4.69) is 9.65 Å². The van der Waals surface area contributed by atoms with Crippen LogP contribution in [0.2, 0.25) is 0 Å². The van der Waals surface area contributed by atoms with Gasteiger partial charge in [0.1, 0.15) is 6.23 Å². The summed E-state index contributed by atoms with van der Waals surface area (Å²) in [7, 11) is -0.980. The van der Waals surface area contributed by atoms with E-state index in [1.165, 1.54) is 22.5 Å². The molecule has 0 saturated carbocycles. The molecule has 8 nitrogen and oxygen atoms in total. The molecule has 1 N–H and O–H groups in total. The summed E-state index contributed by atoms with van der Waals surface area (Å²) in [4.78, 5) is 38.8. The molecule has 2 fully saturated rings. The number of H-pyrrole nitrogens is 1. The Hall–Kier alpha value is -1.42. The summed E-state index contributed by atoms with van der Waals surface area (Å²) >= 11 is 3.04. The van der Waals surface area contributed by atoms with Crippen LogP contribution in [0.15, 0.2) is 46.1 Å². The normalized spacial score (nSPS) is 24.3. The number of aromatic amines is 1. The van der Waals surface area contributed by atoms with E-state index in [1.807, 2.05) is 30.3 Å². The molecule has 4 atom stereocenters.